The Morgan fingerprint density at radius 2 is 1.96 bits per heavy atom. The number of carbonyl (C=O) groups is 1. The highest BCUT2D eigenvalue weighted by molar-refractivity contribution is 5.78. The van der Waals surface area contributed by atoms with Gasteiger partial charge in [0.1, 0.15) is 0 Å². The summed E-state index contributed by atoms with van der Waals surface area (Å²) < 4.78 is 0. The van der Waals surface area contributed by atoms with Crippen molar-refractivity contribution in [3.8, 4) is 0 Å². The Kier molecular flexibility index (Phi) is 7.06. The van der Waals surface area contributed by atoms with Crippen LogP contribution in [0.5, 0.6) is 0 Å². The van der Waals surface area contributed by atoms with Crippen LogP contribution in [0.2, 0.25) is 0 Å². The number of hydrogen-bond donors (Lipinski definition) is 2. The highest BCUT2D eigenvalue weighted by Crippen LogP contribution is 2.14. The van der Waals surface area contributed by atoms with Gasteiger partial charge in [0.15, 0.2) is 0 Å². The Bertz CT molecular complexity index is 476. The first kappa shape index (κ1) is 18.0. The van der Waals surface area contributed by atoms with Crippen LogP contribution in [0, 0.1) is 5.92 Å². The van der Waals surface area contributed by atoms with Gasteiger partial charge in [-0.05, 0) is 37.8 Å². The lowest BCUT2D eigenvalue weighted by Gasteiger charge is -2.22. The molecule has 0 aromatic heterocycles. The average Bonchev–Trinajstić information content (AvgIpc) is 2.71. The maximum atomic E-state index is 11.8. The third-order valence-electron chi connectivity index (χ3n) is 4.60. The summed E-state index contributed by atoms with van der Waals surface area (Å²) in [5, 5.41) is 13.3. The van der Waals surface area contributed by atoms with E-state index in [1.54, 1.807) is 0 Å². The van der Waals surface area contributed by atoms with Crippen LogP contribution < -0.4 is 5.32 Å². The third-order valence-corrected chi connectivity index (χ3v) is 4.60. The van der Waals surface area contributed by atoms with Gasteiger partial charge in [-0.3, -0.25) is 4.79 Å². The number of benzene rings is 1. The molecule has 2 rings (SSSR count). The second-order valence-electron chi connectivity index (χ2n) is 6.85. The van der Waals surface area contributed by atoms with Crippen LogP contribution in [0.4, 0.5) is 0 Å². The van der Waals surface area contributed by atoms with Crippen molar-refractivity contribution in [3.63, 3.8) is 0 Å². The maximum Gasteiger partial charge on any atom is 0.222 e. The second-order valence-corrected chi connectivity index (χ2v) is 6.85. The number of rotatable bonds is 6. The lowest BCUT2D eigenvalue weighted by atomic mass is 10.1. The predicted molar refractivity (Wildman–Crippen MR) is 93.2 cm³/mol. The Morgan fingerprint density at radius 1 is 1.26 bits per heavy atom. The highest BCUT2D eigenvalue weighted by atomic mass is 16.3. The zero-order valence-corrected chi connectivity index (χ0v) is 14.4. The molecule has 1 heterocycles. The molecule has 0 bridgehead atoms. The Morgan fingerprint density at radius 3 is 2.65 bits per heavy atom. The minimum atomic E-state index is -0.433. The molecule has 0 spiro atoms. The SMILES string of the molecule is CC(C)C(=O)N[C@H]1CCN(CCCc2ccccc2)CC[C@@H]1O. The van der Waals surface area contributed by atoms with Gasteiger partial charge in [0.25, 0.3) is 0 Å². The molecule has 2 atom stereocenters. The number of nitrogens with one attached hydrogen (secondary N) is 1. The van der Waals surface area contributed by atoms with Crippen molar-refractivity contribution in [2.45, 2.75) is 51.7 Å². The zero-order valence-electron chi connectivity index (χ0n) is 14.4. The van der Waals surface area contributed by atoms with E-state index in [2.05, 4.69) is 34.5 Å². The first-order valence-electron chi connectivity index (χ1n) is 8.81. The Hall–Kier alpha value is -1.39. The van der Waals surface area contributed by atoms with E-state index in [0.717, 1.165) is 45.3 Å². The summed E-state index contributed by atoms with van der Waals surface area (Å²) in [6.07, 6.45) is 3.34. The third kappa shape index (κ3) is 5.96. The summed E-state index contributed by atoms with van der Waals surface area (Å²) in [5.74, 6) is -0.000920. The topological polar surface area (TPSA) is 52.6 Å². The molecule has 0 saturated carbocycles. The largest absolute Gasteiger partial charge is 0.391 e. The maximum absolute atomic E-state index is 11.8. The zero-order chi connectivity index (χ0) is 16.7. The van der Waals surface area contributed by atoms with E-state index in [-0.39, 0.29) is 17.9 Å². The van der Waals surface area contributed by atoms with Gasteiger partial charge >= 0.3 is 0 Å². The van der Waals surface area contributed by atoms with Crippen LogP contribution in [0.1, 0.15) is 38.7 Å². The van der Waals surface area contributed by atoms with Gasteiger partial charge < -0.3 is 15.3 Å². The molecule has 1 aromatic carbocycles. The van der Waals surface area contributed by atoms with E-state index in [4.69, 9.17) is 0 Å². The van der Waals surface area contributed by atoms with E-state index in [0.29, 0.717) is 0 Å². The van der Waals surface area contributed by atoms with Gasteiger partial charge in [0, 0.05) is 19.0 Å². The fourth-order valence-electron chi connectivity index (χ4n) is 3.03. The van der Waals surface area contributed by atoms with Gasteiger partial charge in [0.2, 0.25) is 5.91 Å². The summed E-state index contributed by atoms with van der Waals surface area (Å²) in [7, 11) is 0. The lowest BCUT2D eigenvalue weighted by molar-refractivity contribution is -0.125. The van der Waals surface area contributed by atoms with Crippen LogP contribution in [-0.2, 0) is 11.2 Å². The Labute approximate surface area is 139 Å². The van der Waals surface area contributed by atoms with Crippen molar-refractivity contribution >= 4 is 5.91 Å². The normalized spacial score (nSPS) is 22.8. The van der Waals surface area contributed by atoms with E-state index in [9.17, 15) is 9.90 Å². The van der Waals surface area contributed by atoms with Crippen LogP contribution in [0.15, 0.2) is 30.3 Å². The van der Waals surface area contributed by atoms with E-state index < -0.39 is 6.10 Å². The van der Waals surface area contributed by atoms with Crippen LogP contribution in [0.3, 0.4) is 0 Å². The number of nitrogens with zero attached hydrogens (tertiary/aromatic N) is 1. The molecule has 0 unspecified atom stereocenters. The first-order valence-corrected chi connectivity index (χ1v) is 8.81. The summed E-state index contributed by atoms with van der Waals surface area (Å²) in [4.78, 5) is 14.3. The molecule has 1 fully saturated rings. The molecule has 1 aromatic rings. The molecule has 128 valence electrons. The monoisotopic (exact) mass is 318 g/mol. The smallest absolute Gasteiger partial charge is 0.222 e. The number of likely N-dealkylation sites (tertiary alicyclic amines) is 1. The van der Waals surface area contributed by atoms with Crippen LogP contribution >= 0.6 is 0 Å². The molecule has 2 N–H and O–H groups in total. The second kappa shape index (κ2) is 9.04. The van der Waals surface area contributed by atoms with E-state index in [1.807, 2.05) is 19.9 Å². The number of aliphatic hydroxyl groups is 1. The van der Waals surface area contributed by atoms with Crippen molar-refractivity contribution in [3.05, 3.63) is 35.9 Å². The molecule has 1 aliphatic rings. The van der Waals surface area contributed by atoms with Crippen molar-refractivity contribution in [2.24, 2.45) is 5.92 Å². The molecular formula is C19H30N2O2. The van der Waals surface area contributed by atoms with Crippen LogP contribution in [-0.4, -0.2) is 47.7 Å². The fourth-order valence-corrected chi connectivity index (χ4v) is 3.03. The highest BCUT2D eigenvalue weighted by Gasteiger charge is 2.26. The molecule has 23 heavy (non-hydrogen) atoms. The minimum Gasteiger partial charge on any atom is -0.391 e. The van der Waals surface area contributed by atoms with Crippen LogP contribution in [0.25, 0.3) is 0 Å². The fraction of sp³-hybridized carbons (Fsp3) is 0.632. The lowest BCUT2D eigenvalue weighted by Crippen LogP contribution is -2.44. The van der Waals surface area contributed by atoms with Gasteiger partial charge in [-0.25, -0.2) is 0 Å². The quantitative estimate of drug-likeness (QED) is 0.845. The first-order chi connectivity index (χ1) is 11.1. The van der Waals surface area contributed by atoms with Gasteiger partial charge in [0.05, 0.1) is 12.1 Å². The van der Waals surface area contributed by atoms with Crippen molar-refractivity contribution < 1.29 is 9.90 Å². The van der Waals surface area contributed by atoms with Gasteiger partial charge in [-0.2, -0.15) is 0 Å². The van der Waals surface area contributed by atoms with E-state index in [1.165, 1.54) is 5.56 Å². The number of hydrogen-bond acceptors (Lipinski definition) is 3. The number of aryl methyl sites for hydroxylation is 1. The summed E-state index contributed by atoms with van der Waals surface area (Å²) in [6, 6.07) is 10.4. The van der Waals surface area contributed by atoms with Gasteiger partial charge in [-0.15, -0.1) is 0 Å². The molecule has 0 aliphatic carbocycles. The molecule has 4 heteroatoms. The van der Waals surface area contributed by atoms with Gasteiger partial charge in [-0.1, -0.05) is 44.2 Å². The molecular weight excluding hydrogens is 288 g/mol. The van der Waals surface area contributed by atoms with Crippen molar-refractivity contribution in [1.82, 2.24) is 10.2 Å². The molecule has 0 radical (unpaired) electrons. The van der Waals surface area contributed by atoms with Crippen molar-refractivity contribution in [2.75, 3.05) is 19.6 Å². The predicted octanol–water partition coefficient (Wildman–Crippen LogP) is 2.22. The summed E-state index contributed by atoms with van der Waals surface area (Å²) >= 11 is 0. The number of carbonyl (C=O) groups excluding carboxylic acids is 1. The number of amides is 1. The summed E-state index contributed by atoms with van der Waals surface area (Å²) in [6.45, 7) is 6.66. The molecule has 1 aliphatic heterocycles. The standard InChI is InChI=1S/C19H30N2O2/c1-15(2)19(23)20-17-10-13-21(14-11-18(17)22)12-6-9-16-7-4-3-5-8-16/h3-5,7-8,15,17-18,22H,6,9-14H2,1-2H3,(H,20,23)/t17-,18-/m0/s1. The molecule has 1 amide bonds. The van der Waals surface area contributed by atoms with E-state index >= 15 is 0 Å². The number of aliphatic hydroxyl groups excluding tert-OH is 1. The minimum absolute atomic E-state index is 0.0339. The van der Waals surface area contributed by atoms with Crippen molar-refractivity contribution in [1.29, 1.82) is 0 Å². The molecule has 1 saturated heterocycles. The summed E-state index contributed by atoms with van der Waals surface area (Å²) in [5.41, 5.74) is 1.38. The average molecular weight is 318 g/mol. The molecule has 4 nitrogen and oxygen atoms in total. The Balaban J connectivity index is 1.75.